The summed E-state index contributed by atoms with van der Waals surface area (Å²) in [6.45, 7) is 0. The van der Waals surface area contributed by atoms with Crippen molar-refractivity contribution in [1.82, 2.24) is 0 Å². The fourth-order valence-corrected chi connectivity index (χ4v) is 5.87. The third kappa shape index (κ3) is 1.95. The molecule has 0 saturated carbocycles. The van der Waals surface area contributed by atoms with Crippen molar-refractivity contribution in [3.63, 3.8) is 0 Å². The van der Waals surface area contributed by atoms with Crippen molar-refractivity contribution < 1.29 is 0 Å². The standard InChI is InChI=1S/C28H21N/c1-29-26-13-11-22-20-8-4-2-7-18(20)15-23(22)24(26)16-25-27(29)12-10-19-14-17-6-3-5-9-21(17)28(19)25/h2-13H,14-16H2,1H3. The maximum Gasteiger partial charge on any atom is 0.0450 e. The summed E-state index contributed by atoms with van der Waals surface area (Å²) in [5.41, 5.74) is 17.5. The van der Waals surface area contributed by atoms with Crippen LogP contribution >= 0.6 is 0 Å². The molecule has 1 heteroatoms. The maximum absolute atomic E-state index is 2.42. The highest BCUT2D eigenvalue weighted by atomic mass is 15.1. The molecule has 4 aromatic carbocycles. The van der Waals surface area contributed by atoms with Crippen LogP contribution in [-0.2, 0) is 19.3 Å². The molecule has 4 aromatic rings. The predicted molar refractivity (Wildman–Crippen MR) is 120 cm³/mol. The summed E-state index contributed by atoms with van der Waals surface area (Å²) in [4.78, 5) is 2.42. The SMILES string of the molecule is CN1c2ccc3c(c2Cc2c1ccc1c2-c2ccccc2C1)Cc1ccccc1-3. The second-order valence-corrected chi connectivity index (χ2v) is 8.59. The highest BCUT2D eigenvalue weighted by Crippen LogP contribution is 2.50. The normalized spacial score (nSPS) is 14.6. The van der Waals surface area contributed by atoms with Crippen molar-refractivity contribution >= 4 is 11.4 Å². The Morgan fingerprint density at radius 2 is 1.21 bits per heavy atom. The van der Waals surface area contributed by atoms with Gasteiger partial charge in [0.05, 0.1) is 0 Å². The average molecular weight is 371 g/mol. The van der Waals surface area contributed by atoms with E-state index in [2.05, 4.69) is 84.7 Å². The molecule has 2 aliphatic carbocycles. The molecule has 7 rings (SSSR count). The first-order chi connectivity index (χ1) is 14.3. The molecule has 0 unspecified atom stereocenters. The molecule has 0 spiro atoms. The largest absolute Gasteiger partial charge is 0.344 e. The van der Waals surface area contributed by atoms with Gasteiger partial charge in [0, 0.05) is 24.8 Å². The Bertz CT molecular complexity index is 1340. The Morgan fingerprint density at radius 3 is 2.07 bits per heavy atom. The van der Waals surface area contributed by atoms with Gasteiger partial charge in [-0.2, -0.15) is 0 Å². The van der Waals surface area contributed by atoms with Gasteiger partial charge in [0.25, 0.3) is 0 Å². The van der Waals surface area contributed by atoms with E-state index in [4.69, 9.17) is 0 Å². The van der Waals surface area contributed by atoms with Crippen LogP contribution in [0.25, 0.3) is 22.3 Å². The van der Waals surface area contributed by atoms with Gasteiger partial charge in [-0.15, -0.1) is 0 Å². The number of rotatable bonds is 0. The van der Waals surface area contributed by atoms with Gasteiger partial charge in [0.15, 0.2) is 0 Å². The van der Waals surface area contributed by atoms with Crippen molar-refractivity contribution in [3.8, 4) is 22.3 Å². The molecule has 0 saturated heterocycles. The quantitative estimate of drug-likeness (QED) is 0.294. The maximum atomic E-state index is 2.42. The van der Waals surface area contributed by atoms with E-state index < -0.39 is 0 Å². The molecule has 1 nitrogen and oxygen atoms in total. The van der Waals surface area contributed by atoms with Crippen LogP contribution in [-0.4, -0.2) is 7.05 Å². The molecule has 0 fully saturated rings. The van der Waals surface area contributed by atoms with Gasteiger partial charge in [0.1, 0.15) is 0 Å². The van der Waals surface area contributed by atoms with Gasteiger partial charge < -0.3 is 4.90 Å². The fraction of sp³-hybridized carbons (Fsp3) is 0.143. The first-order valence-corrected chi connectivity index (χ1v) is 10.5. The van der Waals surface area contributed by atoms with Crippen LogP contribution in [0.4, 0.5) is 11.4 Å². The van der Waals surface area contributed by atoms with Crippen LogP contribution in [0.15, 0.2) is 72.8 Å². The van der Waals surface area contributed by atoms with Crippen molar-refractivity contribution in [2.45, 2.75) is 19.3 Å². The van der Waals surface area contributed by atoms with E-state index >= 15 is 0 Å². The number of anilines is 2. The highest BCUT2D eigenvalue weighted by Gasteiger charge is 2.31. The Labute approximate surface area is 171 Å². The van der Waals surface area contributed by atoms with Crippen molar-refractivity contribution in [2.75, 3.05) is 11.9 Å². The zero-order valence-electron chi connectivity index (χ0n) is 16.5. The molecule has 3 aliphatic rings. The molecule has 0 atom stereocenters. The zero-order chi connectivity index (χ0) is 19.1. The highest BCUT2D eigenvalue weighted by molar-refractivity contribution is 5.90. The van der Waals surface area contributed by atoms with Gasteiger partial charge in [-0.3, -0.25) is 0 Å². The molecule has 1 aliphatic heterocycles. The Kier molecular flexibility index (Phi) is 2.90. The lowest BCUT2D eigenvalue weighted by Gasteiger charge is -2.33. The predicted octanol–water partition coefficient (Wildman–Crippen LogP) is 6.50. The Balaban J connectivity index is 1.46. The number of nitrogens with zero attached hydrogens (tertiary/aromatic N) is 1. The molecular weight excluding hydrogens is 350 g/mol. The number of hydrogen-bond acceptors (Lipinski definition) is 1. The lowest BCUT2D eigenvalue weighted by atomic mass is 9.85. The zero-order valence-corrected chi connectivity index (χ0v) is 16.5. The van der Waals surface area contributed by atoms with Crippen molar-refractivity contribution in [3.05, 3.63) is 106 Å². The van der Waals surface area contributed by atoms with E-state index in [-0.39, 0.29) is 0 Å². The molecule has 29 heavy (non-hydrogen) atoms. The first-order valence-electron chi connectivity index (χ1n) is 10.5. The summed E-state index contributed by atoms with van der Waals surface area (Å²) < 4.78 is 0. The van der Waals surface area contributed by atoms with Gasteiger partial charge in [-0.1, -0.05) is 60.7 Å². The minimum absolute atomic E-state index is 1.03. The Hall–Kier alpha value is -3.32. The van der Waals surface area contributed by atoms with E-state index in [1.165, 1.54) is 67.0 Å². The molecule has 138 valence electrons. The molecule has 0 radical (unpaired) electrons. The minimum atomic E-state index is 1.03. The summed E-state index contributed by atoms with van der Waals surface area (Å²) >= 11 is 0. The third-order valence-corrected chi connectivity index (χ3v) is 7.20. The lowest BCUT2D eigenvalue weighted by Crippen LogP contribution is -2.20. The van der Waals surface area contributed by atoms with Crippen LogP contribution in [0.2, 0.25) is 0 Å². The van der Waals surface area contributed by atoms with Crippen LogP contribution in [0.3, 0.4) is 0 Å². The molecular formula is C28H21N. The second-order valence-electron chi connectivity index (χ2n) is 8.59. The molecule has 1 heterocycles. The van der Waals surface area contributed by atoms with E-state index in [1.807, 2.05) is 0 Å². The summed E-state index contributed by atoms with van der Waals surface area (Å²) in [6, 6.07) is 27.2. The van der Waals surface area contributed by atoms with Gasteiger partial charge in [-0.25, -0.2) is 0 Å². The molecule has 0 bridgehead atoms. The molecule has 0 amide bonds. The van der Waals surface area contributed by atoms with Crippen LogP contribution < -0.4 is 4.90 Å². The van der Waals surface area contributed by atoms with Gasteiger partial charge in [-0.05, 0) is 80.6 Å². The molecule has 0 aromatic heterocycles. The van der Waals surface area contributed by atoms with Gasteiger partial charge in [0.2, 0.25) is 0 Å². The summed E-state index contributed by atoms with van der Waals surface area (Å²) in [5.74, 6) is 0. The van der Waals surface area contributed by atoms with E-state index in [1.54, 1.807) is 0 Å². The topological polar surface area (TPSA) is 3.24 Å². The Morgan fingerprint density at radius 1 is 0.517 bits per heavy atom. The third-order valence-electron chi connectivity index (χ3n) is 7.20. The molecule has 0 N–H and O–H groups in total. The van der Waals surface area contributed by atoms with E-state index in [0.29, 0.717) is 0 Å². The number of fused-ring (bicyclic) bond motifs is 10. The van der Waals surface area contributed by atoms with Crippen LogP contribution in [0, 0.1) is 0 Å². The van der Waals surface area contributed by atoms with Crippen molar-refractivity contribution in [2.24, 2.45) is 0 Å². The van der Waals surface area contributed by atoms with E-state index in [9.17, 15) is 0 Å². The van der Waals surface area contributed by atoms with Crippen LogP contribution in [0.1, 0.15) is 33.4 Å². The summed E-state index contributed by atoms with van der Waals surface area (Å²) in [5, 5.41) is 0. The fourth-order valence-electron chi connectivity index (χ4n) is 5.87. The number of benzene rings is 4. The monoisotopic (exact) mass is 371 g/mol. The average Bonchev–Trinajstić information content (AvgIpc) is 3.32. The van der Waals surface area contributed by atoms with Gasteiger partial charge >= 0.3 is 0 Å². The number of hydrogen-bond donors (Lipinski definition) is 0. The van der Waals surface area contributed by atoms with E-state index in [0.717, 1.165) is 19.3 Å². The second kappa shape index (κ2) is 5.39. The minimum Gasteiger partial charge on any atom is -0.344 e. The first kappa shape index (κ1) is 15.6. The van der Waals surface area contributed by atoms with Crippen LogP contribution in [0.5, 0.6) is 0 Å². The smallest absolute Gasteiger partial charge is 0.0450 e. The van der Waals surface area contributed by atoms with Crippen molar-refractivity contribution in [1.29, 1.82) is 0 Å². The lowest BCUT2D eigenvalue weighted by molar-refractivity contribution is 1.03. The summed E-state index contributed by atoms with van der Waals surface area (Å²) in [7, 11) is 2.23. The summed E-state index contributed by atoms with van der Waals surface area (Å²) in [6.07, 6.45) is 3.15.